The highest BCUT2D eigenvalue weighted by molar-refractivity contribution is 7.26. The quantitative estimate of drug-likeness (QED) is 0.174. The Hall–Kier alpha value is -5.44. The molecule has 0 bridgehead atoms. The van der Waals surface area contributed by atoms with Crippen molar-refractivity contribution in [3.05, 3.63) is 163 Å². The van der Waals surface area contributed by atoms with Gasteiger partial charge in [0.2, 0.25) is 0 Å². The topological polar surface area (TPSA) is 3.24 Å². The first kappa shape index (κ1) is 28.8. The summed E-state index contributed by atoms with van der Waals surface area (Å²) < 4.78 is 2.61. The van der Waals surface area contributed by atoms with Gasteiger partial charge in [-0.3, -0.25) is 0 Å². The van der Waals surface area contributed by atoms with Gasteiger partial charge in [0.05, 0.1) is 0 Å². The lowest BCUT2D eigenvalue weighted by Crippen LogP contribution is -2.13. The molecule has 0 N–H and O–H groups in total. The summed E-state index contributed by atoms with van der Waals surface area (Å²) in [5.41, 5.74) is 7.40. The first-order valence-electron chi connectivity index (χ1n) is 16.7. The summed E-state index contributed by atoms with van der Waals surface area (Å²) in [6, 6.07) is 58.4. The fourth-order valence-electron chi connectivity index (χ4n) is 7.25. The summed E-state index contributed by atoms with van der Waals surface area (Å²) in [5.74, 6) is 0. The maximum absolute atomic E-state index is 2.41. The van der Waals surface area contributed by atoms with E-state index in [0.29, 0.717) is 0 Å². The molecule has 0 atom stereocenters. The maximum atomic E-state index is 2.41. The molecular formula is C46H35NS. The van der Waals surface area contributed by atoms with Gasteiger partial charge in [-0.1, -0.05) is 124 Å². The van der Waals surface area contributed by atoms with Gasteiger partial charge in [0.1, 0.15) is 0 Å². The monoisotopic (exact) mass is 633 g/mol. The third-order valence-corrected chi connectivity index (χ3v) is 10.9. The largest absolute Gasteiger partial charge is 0.310 e. The van der Waals surface area contributed by atoms with E-state index in [1.807, 2.05) is 11.3 Å². The van der Waals surface area contributed by atoms with E-state index in [1.54, 1.807) is 0 Å². The van der Waals surface area contributed by atoms with Gasteiger partial charge < -0.3 is 4.90 Å². The van der Waals surface area contributed by atoms with Crippen molar-refractivity contribution in [3.63, 3.8) is 0 Å². The standard InChI is InChI=1S/C46H35NS/c1-46(2,3)35-19-22-36(23-20-35)47(37-21-17-30-9-4-5-11-32(30)28-37)38-24-26-43-42(29-38)45-41(13-8-14-44(45)48-43)34-18-25-40-33(27-34)16-15-31-10-6-7-12-39(31)40/h4-29H,1-3H3. The molecule has 230 valence electrons. The number of anilines is 3. The average Bonchev–Trinajstić information content (AvgIpc) is 3.49. The molecule has 9 rings (SSSR count). The number of hydrogen-bond donors (Lipinski definition) is 0. The maximum Gasteiger partial charge on any atom is 0.0468 e. The molecule has 0 saturated carbocycles. The molecule has 1 aromatic heterocycles. The van der Waals surface area contributed by atoms with Crippen LogP contribution in [0.1, 0.15) is 26.3 Å². The van der Waals surface area contributed by atoms with Gasteiger partial charge in [0.15, 0.2) is 0 Å². The second-order valence-corrected chi connectivity index (χ2v) is 14.9. The van der Waals surface area contributed by atoms with Crippen LogP contribution in [0.15, 0.2) is 158 Å². The van der Waals surface area contributed by atoms with E-state index in [2.05, 4.69) is 183 Å². The van der Waals surface area contributed by atoms with Crippen LogP contribution >= 0.6 is 11.3 Å². The molecule has 48 heavy (non-hydrogen) atoms. The zero-order valence-electron chi connectivity index (χ0n) is 27.4. The minimum absolute atomic E-state index is 0.0904. The van der Waals surface area contributed by atoms with Crippen LogP contribution in [0.4, 0.5) is 17.1 Å². The van der Waals surface area contributed by atoms with Crippen LogP contribution in [0, 0.1) is 0 Å². The average molecular weight is 634 g/mol. The van der Waals surface area contributed by atoms with Crippen LogP contribution in [0.3, 0.4) is 0 Å². The number of hydrogen-bond acceptors (Lipinski definition) is 2. The van der Waals surface area contributed by atoms with Crippen molar-refractivity contribution in [1.82, 2.24) is 0 Å². The molecule has 1 nitrogen and oxygen atoms in total. The molecule has 0 fully saturated rings. The van der Waals surface area contributed by atoms with Crippen molar-refractivity contribution in [2.24, 2.45) is 0 Å². The van der Waals surface area contributed by atoms with Crippen LogP contribution in [0.2, 0.25) is 0 Å². The Balaban J connectivity index is 1.23. The Kier molecular flexibility index (Phi) is 6.64. The van der Waals surface area contributed by atoms with Crippen molar-refractivity contribution in [1.29, 1.82) is 0 Å². The van der Waals surface area contributed by atoms with Crippen molar-refractivity contribution >= 4 is 80.9 Å². The van der Waals surface area contributed by atoms with Crippen molar-refractivity contribution in [3.8, 4) is 11.1 Å². The fourth-order valence-corrected chi connectivity index (χ4v) is 8.36. The predicted molar refractivity (Wildman–Crippen MR) is 211 cm³/mol. The summed E-state index contributed by atoms with van der Waals surface area (Å²) in [4.78, 5) is 2.41. The van der Waals surface area contributed by atoms with E-state index < -0.39 is 0 Å². The smallest absolute Gasteiger partial charge is 0.0468 e. The Morgan fingerprint density at radius 3 is 1.94 bits per heavy atom. The Morgan fingerprint density at radius 1 is 0.438 bits per heavy atom. The summed E-state index contributed by atoms with van der Waals surface area (Å²) in [7, 11) is 0. The summed E-state index contributed by atoms with van der Waals surface area (Å²) in [5, 5.41) is 10.2. The van der Waals surface area contributed by atoms with Crippen LogP contribution < -0.4 is 4.90 Å². The lowest BCUT2D eigenvalue weighted by molar-refractivity contribution is 0.590. The third kappa shape index (κ3) is 4.84. The van der Waals surface area contributed by atoms with E-state index in [4.69, 9.17) is 0 Å². The van der Waals surface area contributed by atoms with Gasteiger partial charge in [-0.05, 0) is 109 Å². The Morgan fingerprint density at radius 2 is 1.10 bits per heavy atom. The fraction of sp³-hybridized carbons (Fsp3) is 0.0870. The highest BCUT2D eigenvalue weighted by atomic mass is 32.1. The molecule has 0 spiro atoms. The number of thiophene rings is 1. The molecule has 0 amide bonds. The predicted octanol–water partition coefficient (Wildman–Crippen LogP) is 13.9. The molecular weight excluding hydrogens is 599 g/mol. The molecule has 0 unspecified atom stereocenters. The first-order valence-corrected chi connectivity index (χ1v) is 17.5. The molecule has 0 aliphatic carbocycles. The van der Waals surface area contributed by atoms with Crippen LogP contribution in [-0.4, -0.2) is 0 Å². The van der Waals surface area contributed by atoms with Gasteiger partial charge in [-0.15, -0.1) is 11.3 Å². The second-order valence-electron chi connectivity index (χ2n) is 13.8. The molecule has 0 aliphatic heterocycles. The summed E-state index contributed by atoms with van der Waals surface area (Å²) in [6.45, 7) is 6.82. The summed E-state index contributed by atoms with van der Waals surface area (Å²) >= 11 is 1.88. The molecule has 1 heterocycles. The van der Waals surface area contributed by atoms with E-state index in [0.717, 1.165) is 17.1 Å². The Labute approximate surface area is 285 Å². The summed E-state index contributed by atoms with van der Waals surface area (Å²) in [6.07, 6.45) is 0. The van der Waals surface area contributed by atoms with E-state index in [-0.39, 0.29) is 5.41 Å². The van der Waals surface area contributed by atoms with E-state index in [9.17, 15) is 0 Å². The first-order chi connectivity index (χ1) is 23.4. The van der Waals surface area contributed by atoms with Gasteiger partial charge in [-0.2, -0.15) is 0 Å². The molecule has 0 aliphatic rings. The molecule has 9 aromatic rings. The normalized spacial score (nSPS) is 12.1. The third-order valence-electron chi connectivity index (χ3n) is 9.78. The molecule has 0 saturated heterocycles. The minimum Gasteiger partial charge on any atom is -0.310 e. The van der Waals surface area contributed by atoms with Gasteiger partial charge in [-0.25, -0.2) is 0 Å². The Bertz CT molecular complexity index is 2650. The van der Waals surface area contributed by atoms with E-state index >= 15 is 0 Å². The zero-order valence-corrected chi connectivity index (χ0v) is 28.2. The SMILES string of the molecule is CC(C)(C)c1ccc(N(c2ccc3ccccc3c2)c2ccc3sc4cccc(-c5ccc6c(ccc7ccccc76)c5)c4c3c2)cc1. The van der Waals surface area contributed by atoms with Crippen molar-refractivity contribution in [2.45, 2.75) is 26.2 Å². The molecule has 0 radical (unpaired) electrons. The minimum atomic E-state index is 0.0904. The van der Waals surface area contributed by atoms with Crippen molar-refractivity contribution < 1.29 is 0 Å². The zero-order chi connectivity index (χ0) is 32.4. The van der Waals surface area contributed by atoms with Gasteiger partial charge >= 0.3 is 0 Å². The number of nitrogens with zero attached hydrogens (tertiary/aromatic N) is 1. The number of rotatable bonds is 4. The molecule has 8 aromatic carbocycles. The van der Waals surface area contributed by atoms with Gasteiger partial charge in [0, 0.05) is 37.2 Å². The number of fused-ring (bicyclic) bond motifs is 7. The highest BCUT2D eigenvalue weighted by Gasteiger charge is 2.19. The van der Waals surface area contributed by atoms with Crippen LogP contribution in [0.5, 0.6) is 0 Å². The van der Waals surface area contributed by atoms with Crippen LogP contribution in [-0.2, 0) is 5.41 Å². The lowest BCUT2D eigenvalue weighted by atomic mass is 9.87. The number of benzene rings is 8. The lowest BCUT2D eigenvalue weighted by Gasteiger charge is -2.27. The highest BCUT2D eigenvalue weighted by Crippen LogP contribution is 2.45. The van der Waals surface area contributed by atoms with E-state index in [1.165, 1.54) is 69.2 Å². The van der Waals surface area contributed by atoms with Crippen molar-refractivity contribution in [2.75, 3.05) is 4.90 Å². The van der Waals surface area contributed by atoms with Gasteiger partial charge in [0.25, 0.3) is 0 Å². The van der Waals surface area contributed by atoms with Crippen LogP contribution in [0.25, 0.3) is 63.6 Å². The molecule has 2 heteroatoms. The second kappa shape index (κ2) is 11.1.